The minimum atomic E-state index is -3.72. The molecule has 158 valence electrons. The summed E-state index contributed by atoms with van der Waals surface area (Å²) in [6.45, 7) is 2.92. The van der Waals surface area contributed by atoms with Crippen LogP contribution >= 0.6 is 11.3 Å². The van der Waals surface area contributed by atoms with Crippen molar-refractivity contribution >= 4 is 33.0 Å². The van der Waals surface area contributed by atoms with Gasteiger partial charge in [0.25, 0.3) is 15.9 Å². The second-order valence-corrected chi connectivity index (χ2v) is 9.47. The van der Waals surface area contributed by atoms with Gasteiger partial charge in [0.2, 0.25) is 0 Å². The van der Waals surface area contributed by atoms with Gasteiger partial charge in [0, 0.05) is 13.2 Å². The lowest BCUT2D eigenvalue weighted by Crippen LogP contribution is -2.27. The number of carbonyl (C=O) groups is 1. The van der Waals surface area contributed by atoms with Crippen LogP contribution < -0.4 is 10.0 Å². The molecule has 0 saturated heterocycles. The van der Waals surface area contributed by atoms with Crippen LogP contribution in [0, 0.1) is 0 Å². The van der Waals surface area contributed by atoms with Crippen LogP contribution in [0.1, 0.15) is 35.4 Å². The minimum absolute atomic E-state index is 0.0192. The van der Waals surface area contributed by atoms with Crippen molar-refractivity contribution in [3.8, 4) is 0 Å². The Kier molecular flexibility index (Phi) is 7.62. The Balaban J connectivity index is 1.51. The normalized spacial score (nSPS) is 12.3. The predicted octanol–water partition coefficient (Wildman–Crippen LogP) is 4.45. The molecule has 1 atom stereocenters. The van der Waals surface area contributed by atoms with E-state index in [0.717, 1.165) is 16.9 Å². The molecule has 0 bridgehead atoms. The number of para-hydroxylation sites is 1. The monoisotopic (exact) mass is 444 g/mol. The van der Waals surface area contributed by atoms with Crippen LogP contribution in [0.4, 0.5) is 5.69 Å². The van der Waals surface area contributed by atoms with Gasteiger partial charge in [-0.05, 0) is 42.5 Å². The summed E-state index contributed by atoms with van der Waals surface area (Å²) >= 11 is 1.12. The quantitative estimate of drug-likeness (QED) is 0.453. The molecule has 8 heteroatoms. The van der Waals surface area contributed by atoms with Crippen LogP contribution in [0.15, 0.2) is 76.3 Å². The fourth-order valence-electron chi connectivity index (χ4n) is 2.83. The van der Waals surface area contributed by atoms with Crippen molar-refractivity contribution in [2.24, 2.45) is 0 Å². The number of sulfonamides is 1. The zero-order chi connectivity index (χ0) is 21.4. The molecule has 3 aromatic rings. The maximum atomic E-state index is 12.6. The van der Waals surface area contributed by atoms with Gasteiger partial charge in [-0.3, -0.25) is 9.52 Å². The number of anilines is 1. The molecule has 1 amide bonds. The summed E-state index contributed by atoms with van der Waals surface area (Å²) in [7, 11) is -3.72. The Labute approximate surface area is 181 Å². The van der Waals surface area contributed by atoms with Gasteiger partial charge in [-0.2, -0.15) is 0 Å². The van der Waals surface area contributed by atoms with Gasteiger partial charge in [0.15, 0.2) is 0 Å². The van der Waals surface area contributed by atoms with E-state index in [0.29, 0.717) is 19.6 Å². The van der Waals surface area contributed by atoms with Crippen LogP contribution in [-0.2, 0) is 14.8 Å². The van der Waals surface area contributed by atoms with Gasteiger partial charge in [0.05, 0.1) is 17.4 Å². The van der Waals surface area contributed by atoms with Gasteiger partial charge < -0.3 is 10.1 Å². The average molecular weight is 445 g/mol. The maximum absolute atomic E-state index is 12.6. The fraction of sp³-hybridized carbons (Fsp3) is 0.227. The summed E-state index contributed by atoms with van der Waals surface area (Å²) in [5.74, 6) is -0.337. The summed E-state index contributed by atoms with van der Waals surface area (Å²) in [5.41, 5.74) is 1.63. The van der Waals surface area contributed by atoms with Crippen molar-refractivity contribution < 1.29 is 17.9 Å². The predicted molar refractivity (Wildman–Crippen MR) is 119 cm³/mol. The third-order valence-corrected chi connectivity index (χ3v) is 7.18. The van der Waals surface area contributed by atoms with Crippen molar-refractivity contribution in [2.45, 2.75) is 23.7 Å². The molecule has 6 nitrogen and oxygen atoms in total. The van der Waals surface area contributed by atoms with Crippen LogP contribution in [0.3, 0.4) is 0 Å². The molecule has 0 aliphatic heterocycles. The summed E-state index contributed by atoms with van der Waals surface area (Å²) in [6.07, 6.45) is 0.626. The van der Waals surface area contributed by atoms with Gasteiger partial charge in [0.1, 0.15) is 4.21 Å². The highest BCUT2D eigenvalue weighted by Crippen LogP contribution is 2.23. The van der Waals surface area contributed by atoms with Crippen molar-refractivity contribution in [2.75, 3.05) is 17.9 Å². The zero-order valence-corrected chi connectivity index (χ0v) is 18.2. The highest BCUT2D eigenvalue weighted by atomic mass is 32.2. The third kappa shape index (κ3) is 5.91. The molecular weight excluding hydrogens is 420 g/mol. The molecule has 2 aromatic carbocycles. The first-order valence-electron chi connectivity index (χ1n) is 9.57. The van der Waals surface area contributed by atoms with Crippen molar-refractivity contribution in [1.29, 1.82) is 0 Å². The SMILES string of the molecule is CC(OCCCNC(=O)c1ccccc1NS(=O)(=O)c1cccs1)c1ccccc1. The van der Waals surface area contributed by atoms with E-state index < -0.39 is 10.0 Å². The Bertz CT molecular complexity index is 1050. The molecule has 0 spiro atoms. The number of rotatable bonds is 10. The lowest BCUT2D eigenvalue weighted by molar-refractivity contribution is 0.0635. The molecule has 1 aromatic heterocycles. The molecule has 0 saturated carbocycles. The number of nitrogens with one attached hydrogen (secondary N) is 2. The van der Waals surface area contributed by atoms with Gasteiger partial charge >= 0.3 is 0 Å². The maximum Gasteiger partial charge on any atom is 0.271 e. The largest absolute Gasteiger partial charge is 0.374 e. The van der Waals surface area contributed by atoms with Crippen molar-refractivity contribution in [3.63, 3.8) is 0 Å². The number of amides is 1. The van der Waals surface area contributed by atoms with E-state index in [1.807, 2.05) is 37.3 Å². The van der Waals surface area contributed by atoms with Gasteiger partial charge in [-0.15, -0.1) is 11.3 Å². The first-order valence-corrected chi connectivity index (χ1v) is 11.9. The summed E-state index contributed by atoms with van der Waals surface area (Å²) in [5, 5.41) is 4.51. The molecule has 0 radical (unpaired) electrons. The van der Waals surface area contributed by atoms with E-state index in [4.69, 9.17) is 4.74 Å². The molecular formula is C22H24N2O4S2. The number of hydrogen-bond acceptors (Lipinski definition) is 5. The van der Waals surface area contributed by atoms with Gasteiger partial charge in [-0.25, -0.2) is 8.42 Å². The van der Waals surface area contributed by atoms with E-state index >= 15 is 0 Å². The number of ether oxygens (including phenoxy) is 1. The number of hydrogen-bond donors (Lipinski definition) is 2. The lowest BCUT2D eigenvalue weighted by atomic mass is 10.1. The molecule has 1 heterocycles. The third-order valence-electron chi connectivity index (χ3n) is 4.42. The topological polar surface area (TPSA) is 84.5 Å². The minimum Gasteiger partial charge on any atom is -0.374 e. The molecule has 30 heavy (non-hydrogen) atoms. The highest BCUT2D eigenvalue weighted by molar-refractivity contribution is 7.94. The smallest absolute Gasteiger partial charge is 0.271 e. The Hall–Kier alpha value is -2.68. The first-order chi connectivity index (χ1) is 14.5. The van der Waals surface area contributed by atoms with Gasteiger partial charge in [-0.1, -0.05) is 48.5 Å². The summed E-state index contributed by atoms with van der Waals surface area (Å²) in [6, 6.07) is 19.7. The highest BCUT2D eigenvalue weighted by Gasteiger charge is 2.19. The van der Waals surface area contributed by atoms with Crippen molar-refractivity contribution in [3.05, 3.63) is 83.2 Å². The van der Waals surface area contributed by atoms with Crippen LogP contribution in [-0.4, -0.2) is 27.5 Å². The van der Waals surface area contributed by atoms with Crippen LogP contribution in [0.25, 0.3) is 0 Å². The average Bonchev–Trinajstić information content (AvgIpc) is 3.30. The Morgan fingerprint density at radius 2 is 1.77 bits per heavy atom. The van der Waals surface area contributed by atoms with Crippen LogP contribution in [0.5, 0.6) is 0 Å². The molecule has 0 fully saturated rings. The van der Waals surface area contributed by atoms with Crippen LogP contribution in [0.2, 0.25) is 0 Å². The second kappa shape index (κ2) is 10.4. The van der Waals surface area contributed by atoms with E-state index in [-0.39, 0.29) is 27.5 Å². The molecule has 0 aliphatic rings. The Morgan fingerprint density at radius 1 is 1.03 bits per heavy atom. The zero-order valence-electron chi connectivity index (χ0n) is 16.6. The standard InChI is InChI=1S/C22H24N2O4S2/c1-17(18-9-3-2-4-10-18)28-15-8-14-23-22(25)19-11-5-6-12-20(19)24-30(26,27)21-13-7-16-29-21/h2-7,9-13,16-17,24H,8,14-15H2,1H3,(H,23,25). The molecule has 1 unspecified atom stereocenters. The van der Waals surface area contributed by atoms with E-state index in [1.165, 1.54) is 6.07 Å². The second-order valence-electron chi connectivity index (χ2n) is 6.62. The van der Waals surface area contributed by atoms with E-state index in [2.05, 4.69) is 10.0 Å². The summed E-state index contributed by atoms with van der Waals surface area (Å²) in [4.78, 5) is 12.6. The van der Waals surface area contributed by atoms with Crippen molar-refractivity contribution in [1.82, 2.24) is 5.32 Å². The first kappa shape index (κ1) is 22.0. The number of thiophene rings is 1. The fourth-order valence-corrected chi connectivity index (χ4v) is 4.90. The van der Waals surface area contributed by atoms with E-state index in [9.17, 15) is 13.2 Å². The Morgan fingerprint density at radius 3 is 2.50 bits per heavy atom. The molecule has 0 aliphatic carbocycles. The molecule has 2 N–H and O–H groups in total. The van der Waals surface area contributed by atoms with E-state index in [1.54, 1.807) is 35.7 Å². The number of benzene rings is 2. The number of carbonyl (C=O) groups excluding carboxylic acids is 1. The lowest BCUT2D eigenvalue weighted by Gasteiger charge is -2.14. The summed E-state index contributed by atoms with van der Waals surface area (Å²) < 4.78 is 33.4. The molecule has 3 rings (SSSR count).